The summed E-state index contributed by atoms with van der Waals surface area (Å²) in [6, 6.07) is 8.22. The van der Waals surface area contributed by atoms with E-state index in [0.29, 0.717) is 23.3 Å². The maximum Gasteiger partial charge on any atom is 0.432 e. The zero-order valence-corrected chi connectivity index (χ0v) is 14.2. The van der Waals surface area contributed by atoms with Crippen LogP contribution in [0.2, 0.25) is 0 Å². The first-order chi connectivity index (χ1) is 13.1. The Morgan fingerprint density at radius 2 is 1.29 bits per heavy atom. The fraction of sp³-hybridized carbons (Fsp3) is 0.100. The summed E-state index contributed by atoms with van der Waals surface area (Å²) in [5, 5.41) is 0. The average Bonchev–Trinajstić information content (AvgIpc) is 2.58. The maximum absolute atomic E-state index is 14.3. The molecule has 3 aromatic rings. The van der Waals surface area contributed by atoms with Crippen molar-refractivity contribution in [3.63, 3.8) is 0 Å². The molecule has 146 valence electrons. The van der Waals surface area contributed by atoms with Crippen molar-refractivity contribution in [1.29, 1.82) is 0 Å². The van der Waals surface area contributed by atoms with Crippen LogP contribution in [0.3, 0.4) is 0 Å². The topological polar surface area (TPSA) is 9.23 Å². The van der Waals surface area contributed by atoms with E-state index in [9.17, 15) is 30.7 Å². The molecule has 0 aliphatic carbocycles. The van der Waals surface area contributed by atoms with E-state index in [1.54, 1.807) is 31.2 Å². The quantitative estimate of drug-likeness (QED) is 0.360. The molecular formula is C20H11F7O. The van der Waals surface area contributed by atoms with Gasteiger partial charge in [0, 0.05) is 12.1 Å². The first-order valence-electron chi connectivity index (χ1n) is 7.87. The number of alkyl halides is 2. The minimum Gasteiger partial charge on any atom is -0.429 e. The molecule has 0 atom stereocenters. The van der Waals surface area contributed by atoms with Crippen molar-refractivity contribution in [2.75, 3.05) is 0 Å². The predicted octanol–water partition coefficient (Wildman–Crippen LogP) is 6.49. The molecule has 0 unspecified atom stereocenters. The molecule has 0 aliphatic rings. The van der Waals surface area contributed by atoms with Crippen LogP contribution < -0.4 is 4.74 Å². The van der Waals surface area contributed by atoms with Gasteiger partial charge in [-0.15, -0.1) is 0 Å². The molecule has 3 aromatic carbocycles. The Balaban J connectivity index is 2.02. The molecule has 0 aliphatic heterocycles. The Morgan fingerprint density at radius 3 is 1.82 bits per heavy atom. The van der Waals surface area contributed by atoms with Gasteiger partial charge in [-0.05, 0) is 35.7 Å². The highest BCUT2D eigenvalue weighted by Gasteiger charge is 2.41. The Morgan fingerprint density at radius 1 is 0.750 bits per heavy atom. The second-order valence-corrected chi connectivity index (χ2v) is 5.95. The minimum absolute atomic E-state index is 0.0199. The summed E-state index contributed by atoms with van der Waals surface area (Å²) < 4.78 is 101. The van der Waals surface area contributed by atoms with Gasteiger partial charge in [0.2, 0.25) is 0 Å². The highest BCUT2D eigenvalue weighted by molar-refractivity contribution is 5.67. The highest BCUT2D eigenvalue weighted by Crippen LogP contribution is 2.38. The molecule has 0 fully saturated rings. The third-order valence-corrected chi connectivity index (χ3v) is 3.99. The van der Waals surface area contributed by atoms with E-state index < -0.39 is 46.5 Å². The van der Waals surface area contributed by atoms with Crippen molar-refractivity contribution in [1.82, 2.24) is 0 Å². The Bertz CT molecular complexity index is 1000. The highest BCUT2D eigenvalue weighted by atomic mass is 19.3. The van der Waals surface area contributed by atoms with Gasteiger partial charge in [-0.3, -0.25) is 0 Å². The van der Waals surface area contributed by atoms with E-state index in [1.807, 2.05) is 0 Å². The number of halogens is 7. The van der Waals surface area contributed by atoms with Crippen LogP contribution in [0.4, 0.5) is 30.7 Å². The first kappa shape index (κ1) is 19.7. The molecule has 8 heteroatoms. The summed E-state index contributed by atoms with van der Waals surface area (Å²) >= 11 is 0. The lowest BCUT2D eigenvalue weighted by molar-refractivity contribution is -0.189. The molecule has 0 radical (unpaired) electrons. The smallest absolute Gasteiger partial charge is 0.429 e. The normalized spacial score (nSPS) is 11.6. The van der Waals surface area contributed by atoms with Crippen molar-refractivity contribution >= 4 is 0 Å². The Hall–Kier alpha value is -3.03. The summed E-state index contributed by atoms with van der Waals surface area (Å²) in [7, 11) is 0. The molecule has 0 amide bonds. The van der Waals surface area contributed by atoms with Crippen LogP contribution in [0.15, 0.2) is 48.5 Å². The number of ether oxygens (including phenoxy) is 1. The fourth-order valence-electron chi connectivity index (χ4n) is 2.69. The first-order valence-corrected chi connectivity index (χ1v) is 7.87. The monoisotopic (exact) mass is 400 g/mol. The van der Waals surface area contributed by atoms with E-state index >= 15 is 0 Å². The van der Waals surface area contributed by atoms with Gasteiger partial charge in [0.25, 0.3) is 0 Å². The van der Waals surface area contributed by atoms with Crippen LogP contribution in [-0.4, -0.2) is 0 Å². The van der Waals surface area contributed by atoms with Crippen LogP contribution in [0.25, 0.3) is 11.1 Å². The SMILES string of the molecule is Cc1ccccc1-c1cc(F)c(C(F)(F)Oc2cc(F)c(F)c(F)c2)c(F)c1. The zero-order valence-electron chi connectivity index (χ0n) is 14.2. The fourth-order valence-corrected chi connectivity index (χ4v) is 2.69. The molecule has 0 bridgehead atoms. The Kier molecular flexibility index (Phi) is 5.06. The van der Waals surface area contributed by atoms with Crippen molar-refractivity contribution in [3.05, 3.63) is 88.7 Å². The van der Waals surface area contributed by atoms with Crippen LogP contribution >= 0.6 is 0 Å². The number of hydrogen-bond acceptors (Lipinski definition) is 1. The van der Waals surface area contributed by atoms with Crippen LogP contribution in [-0.2, 0) is 6.11 Å². The maximum atomic E-state index is 14.3. The lowest BCUT2D eigenvalue weighted by atomic mass is 9.98. The van der Waals surface area contributed by atoms with Gasteiger partial charge in [0.15, 0.2) is 17.5 Å². The van der Waals surface area contributed by atoms with Crippen molar-refractivity contribution in [2.24, 2.45) is 0 Å². The van der Waals surface area contributed by atoms with Gasteiger partial charge < -0.3 is 4.74 Å². The number of benzene rings is 3. The van der Waals surface area contributed by atoms with Gasteiger partial charge >= 0.3 is 6.11 Å². The summed E-state index contributed by atoms with van der Waals surface area (Å²) in [5.74, 6) is -9.85. The van der Waals surface area contributed by atoms with Crippen LogP contribution in [0.5, 0.6) is 5.75 Å². The number of aryl methyl sites for hydroxylation is 1. The van der Waals surface area contributed by atoms with Gasteiger partial charge in [-0.2, -0.15) is 8.78 Å². The van der Waals surface area contributed by atoms with Crippen LogP contribution in [0.1, 0.15) is 11.1 Å². The van der Waals surface area contributed by atoms with Crippen molar-refractivity contribution in [3.8, 4) is 16.9 Å². The third-order valence-electron chi connectivity index (χ3n) is 3.99. The third kappa shape index (κ3) is 3.67. The molecule has 0 aromatic heterocycles. The molecule has 0 saturated carbocycles. The summed E-state index contributed by atoms with van der Waals surface area (Å²) in [5.41, 5.74) is -0.630. The minimum atomic E-state index is -4.62. The van der Waals surface area contributed by atoms with Crippen molar-refractivity contribution < 1.29 is 35.5 Å². The van der Waals surface area contributed by atoms with Crippen molar-refractivity contribution in [2.45, 2.75) is 13.0 Å². The van der Waals surface area contributed by atoms with E-state index in [4.69, 9.17) is 0 Å². The molecule has 0 saturated heterocycles. The van der Waals surface area contributed by atoms with E-state index in [0.717, 1.165) is 0 Å². The number of rotatable bonds is 4. The summed E-state index contributed by atoms with van der Waals surface area (Å²) in [4.78, 5) is 0. The van der Waals surface area contributed by atoms with E-state index in [1.165, 1.54) is 0 Å². The lowest BCUT2D eigenvalue weighted by Gasteiger charge is -2.20. The molecule has 0 heterocycles. The molecule has 3 rings (SSSR count). The van der Waals surface area contributed by atoms with Gasteiger partial charge in [0.1, 0.15) is 22.9 Å². The van der Waals surface area contributed by atoms with E-state index in [2.05, 4.69) is 4.74 Å². The second-order valence-electron chi connectivity index (χ2n) is 5.95. The zero-order chi connectivity index (χ0) is 20.6. The second kappa shape index (κ2) is 7.18. The van der Waals surface area contributed by atoms with Gasteiger partial charge in [-0.25, -0.2) is 22.0 Å². The molecule has 28 heavy (non-hydrogen) atoms. The van der Waals surface area contributed by atoms with Crippen LogP contribution in [0, 0.1) is 36.0 Å². The van der Waals surface area contributed by atoms with Gasteiger partial charge in [0.05, 0.1) is 0 Å². The standard InChI is InChI=1S/C20H11F7O/c1-10-4-2-3-5-13(10)11-6-14(21)18(15(22)7-11)20(26,27)28-12-8-16(23)19(25)17(24)9-12/h2-9H,1H3. The summed E-state index contributed by atoms with van der Waals surface area (Å²) in [6.07, 6.45) is -4.62. The largest absolute Gasteiger partial charge is 0.432 e. The predicted molar refractivity (Wildman–Crippen MR) is 87.4 cm³/mol. The van der Waals surface area contributed by atoms with E-state index in [-0.39, 0.29) is 17.7 Å². The Labute approximate surface area is 155 Å². The number of hydrogen-bond donors (Lipinski definition) is 0. The lowest BCUT2D eigenvalue weighted by Crippen LogP contribution is -2.25. The molecule has 0 N–H and O–H groups in total. The molecule has 0 spiro atoms. The van der Waals surface area contributed by atoms with Gasteiger partial charge in [-0.1, -0.05) is 24.3 Å². The molecular weight excluding hydrogens is 389 g/mol. The summed E-state index contributed by atoms with van der Waals surface area (Å²) in [6.45, 7) is 1.67. The average molecular weight is 400 g/mol. The molecule has 1 nitrogen and oxygen atoms in total.